The number of phenolic OH excluding ortho intramolecular Hbond substituents is 1. The molecule has 0 radical (unpaired) electrons. The first kappa shape index (κ1) is 25.2. The van der Waals surface area contributed by atoms with E-state index in [9.17, 15) is 23.1 Å². The third kappa shape index (κ3) is 5.99. The molecule has 4 rings (SSSR count). The highest BCUT2D eigenvalue weighted by Gasteiger charge is 2.31. The van der Waals surface area contributed by atoms with Crippen molar-refractivity contribution in [1.82, 2.24) is 5.01 Å². The van der Waals surface area contributed by atoms with Crippen LogP contribution in [0.25, 0.3) is 10.8 Å². The van der Waals surface area contributed by atoms with Crippen LogP contribution in [0.4, 0.5) is 13.2 Å². The van der Waals surface area contributed by atoms with E-state index in [1.807, 2.05) is 24.3 Å². The summed E-state index contributed by atoms with van der Waals surface area (Å²) in [5.41, 5.74) is 1.47. The summed E-state index contributed by atoms with van der Waals surface area (Å²) in [5.74, 6) is 5.60. The summed E-state index contributed by atoms with van der Waals surface area (Å²) in [5, 5.41) is 12.2. The second-order valence-corrected chi connectivity index (χ2v) is 8.26. The summed E-state index contributed by atoms with van der Waals surface area (Å²) >= 11 is 5.90. The Morgan fingerprint density at radius 1 is 0.972 bits per heavy atom. The third-order valence-corrected chi connectivity index (χ3v) is 5.60. The number of halogens is 4. The molecular weight excluding hydrogens is 497 g/mol. The molecular formula is C26H20ClF3N2O4. The number of amides is 1. The quantitative estimate of drug-likeness (QED) is 0.174. The molecule has 10 heteroatoms. The van der Waals surface area contributed by atoms with Gasteiger partial charge in [0.1, 0.15) is 23.9 Å². The van der Waals surface area contributed by atoms with E-state index in [0.29, 0.717) is 11.3 Å². The molecule has 4 aromatic carbocycles. The van der Waals surface area contributed by atoms with Crippen LogP contribution >= 0.6 is 11.6 Å². The van der Waals surface area contributed by atoms with Crippen LogP contribution in [0.15, 0.2) is 78.9 Å². The molecule has 0 heterocycles. The molecule has 0 saturated carbocycles. The molecule has 186 valence electrons. The monoisotopic (exact) mass is 516 g/mol. The van der Waals surface area contributed by atoms with Crippen molar-refractivity contribution in [2.75, 3.05) is 0 Å². The van der Waals surface area contributed by atoms with Crippen LogP contribution in [0, 0.1) is 0 Å². The first-order chi connectivity index (χ1) is 17.1. The van der Waals surface area contributed by atoms with Crippen LogP contribution in [-0.4, -0.2) is 22.4 Å². The van der Waals surface area contributed by atoms with Gasteiger partial charge in [-0.3, -0.25) is 9.80 Å². The van der Waals surface area contributed by atoms with E-state index < -0.39 is 12.3 Å². The van der Waals surface area contributed by atoms with E-state index in [2.05, 4.69) is 4.74 Å². The number of ether oxygens (including phenoxy) is 2. The fourth-order valence-corrected chi connectivity index (χ4v) is 3.83. The summed E-state index contributed by atoms with van der Waals surface area (Å²) in [6.07, 6.45) is -4.78. The maximum atomic E-state index is 12.7. The third-order valence-electron chi connectivity index (χ3n) is 5.30. The highest BCUT2D eigenvalue weighted by Crippen LogP contribution is 2.31. The van der Waals surface area contributed by atoms with Crippen LogP contribution in [0.3, 0.4) is 0 Å². The standard InChI is InChI=1S/C26H20ClF3N2O4/c27-22-13-17(8-10-23(22)33)25(34)32(31)14-18-9-11-24(21-7-2-1-6-20(18)21)35-15-16-4-3-5-19(12-16)36-26(28,29)30/h1-13,33H,14-15,31H2. The summed E-state index contributed by atoms with van der Waals surface area (Å²) in [6, 6.07) is 20.4. The minimum Gasteiger partial charge on any atom is -0.506 e. The smallest absolute Gasteiger partial charge is 0.506 e. The van der Waals surface area contributed by atoms with Crippen molar-refractivity contribution >= 4 is 28.3 Å². The van der Waals surface area contributed by atoms with Gasteiger partial charge in [-0.05, 0) is 52.9 Å². The Balaban J connectivity index is 1.52. The molecule has 0 aliphatic heterocycles. The number of nitrogens with two attached hydrogens (primary N) is 1. The molecule has 6 nitrogen and oxygen atoms in total. The molecule has 0 atom stereocenters. The van der Waals surface area contributed by atoms with Gasteiger partial charge in [-0.15, -0.1) is 13.2 Å². The van der Waals surface area contributed by atoms with Crippen LogP contribution in [-0.2, 0) is 13.2 Å². The lowest BCUT2D eigenvalue weighted by Gasteiger charge is -2.19. The lowest BCUT2D eigenvalue weighted by molar-refractivity contribution is -0.274. The van der Waals surface area contributed by atoms with Crippen molar-refractivity contribution in [3.05, 3.63) is 101 Å². The average Bonchev–Trinajstić information content (AvgIpc) is 2.84. The SMILES string of the molecule is NN(Cc1ccc(OCc2cccc(OC(F)(F)F)c2)c2ccccc12)C(=O)c1ccc(O)c(Cl)c1. The minimum atomic E-state index is -4.78. The van der Waals surface area contributed by atoms with Crippen LogP contribution < -0.4 is 15.3 Å². The molecule has 4 aromatic rings. The molecule has 0 aliphatic carbocycles. The zero-order valence-electron chi connectivity index (χ0n) is 18.6. The second-order valence-electron chi connectivity index (χ2n) is 7.85. The van der Waals surface area contributed by atoms with E-state index in [4.69, 9.17) is 22.2 Å². The van der Waals surface area contributed by atoms with Crippen molar-refractivity contribution in [2.45, 2.75) is 19.5 Å². The van der Waals surface area contributed by atoms with Gasteiger partial charge in [0.05, 0.1) is 11.6 Å². The maximum absolute atomic E-state index is 12.7. The number of phenols is 1. The van der Waals surface area contributed by atoms with E-state index in [1.165, 1.54) is 36.4 Å². The number of carbonyl (C=O) groups excluding carboxylic acids is 1. The van der Waals surface area contributed by atoms with Gasteiger partial charge in [-0.1, -0.05) is 54.1 Å². The number of benzene rings is 4. The average molecular weight is 517 g/mol. The predicted octanol–water partition coefficient (Wildman–Crippen LogP) is 6.19. The molecule has 36 heavy (non-hydrogen) atoms. The normalized spacial score (nSPS) is 11.4. The summed E-state index contributed by atoms with van der Waals surface area (Å²) in [4.78, 5) is 12.7. The first-order valence-electron chi connectivity index (χ1n) is 10.6. The van der Waals surface area contributed by atoms with E-state index in [1.54, 1.807) is 18.2 Å². The molecule has 1 amide bonds. The Bertz CT molecular complexity index is 1410. The molecule has 0 aliphatic rings. The Kier molecular flexibility index (Phi) is 7.23. The highest BCUT2D eigenvalue weighted by atomic mass is 35.5. The molecule has 0 unspecified atom stereocenters. The van der Waals surface area contributed by atoms with Gasteiger partial charge in [0.15, 0.2) is 0 Å². The van der Waals surface area contributed by atoms with E-state index in [0.717, 1.165) is 21.3 Å². The largest absolute Gasteiger partial charge is 0.573 e. The minimum absolute atomic E-state index is 0.0154. The number of nitrogens with zero attached hydrogens (tertiary/aromatic N) is 1. The van der Waals surface area contributed by atoms with E-state index in [-0.39, 0.29) is 35.2 Å². The molecule has 0 spiro atoms. The lowest BCUT2D eigenvalue weighted by atomic mass is 10.0. The van der Waals surface area contributed by atoms with Crippen molar-refractivity contribution in [3.8, 4) is 17.2 Å². The van der Waals surface area contributed by atoms with Crippen LogP contribution in [0.5, 0.6) is 17.2 Å². The zero-order valence-corrected chi connectivity index (χ0v) is 19.4. The highest BCUT2D eigenvalue weighted by molar-refractivity contribution is 6.32. The van der Waals surface area contributed by atoms with Gasteiger partial charge in [0, 0.05) is 10.9 Å². The molecule has 0 saturated heterocycles. The molecule has 3 N–H and O–H groups in total. The number of rotatable bonds is 7. The summed E-state index contributed by atoms with van der Waals surface area (Å²) < 4.78 is 47.4. The number of fused-ring (bicyclic) bond motifs is 1. The second kappa shape index (κ2) is 10.3. The fourth-order valence-electron chi connectivity index (χ4n) is 3.65. The van der Waals surface area contributed by atoms with Gasteiger partial charge in [-0.2, -0.15) is 0 Å². The van der Waals surface area contributed by atoms with Crippen molar-refractivity contribution in [1.29, 1.82) is 0 Å². The number of hydrogen-bond donors (Lipinski definition) is 2. The molecule has 0 fully saturated rings. The van der Waals surface area contributed by atoms with Crippen molar-refractivity contribution < 1.29 is 32.5 Å². The first-order valence-corrected chi connectivity index (χ1v) is 11.0. The number of hydrogen-bond acceptors (Lipinski definition) is 5. The Labute approximate surface area is 209 Å². The van der Waals surface area contributed by atoms with Gasteiger partial charge >= 0.3 is 6.36 Å². The summed E-state index contributed by atoms with van der Waals surface area (Å²) in [6.45, 7) is 0.0937. The van der Waals surface area contributed by atoms with Gasteiger partial charge in [0.2, 0.25) is 0 Å². The lowest BCUT2D eigenvalue weighted by Crippen LogP contribution is -2.36. The van der Waals surface area contributed by atoms with Crippen molar-refractivity contribution in [3.63, 3.8) is 0 Å². The van der Waals surface area contributed by atoms with Crippen LogP contribution in [0.1, 0.15) is 21.5 Å². The van der Waals surface area contributed by atoms with Gasteiger partial charge in [0.25, 0.3) is 5.91 Å². The zero-order chi connectivity index (χ0) is 25.9. The molecule has 0 aromatic heterocycles. The predicted molar refractivity (Wildman–Crippen MR) is 129 cm³/mol. The Morgan fingerprint density at radius 3 is 2.44 bits per heavy atom. The number of alkyl halides is 3. The fraction of sp³-hybridized carbons (Fsp3) is 0.115. The number of carbonyl (C=O) groups is 1. The number of hydrazine groups is 1. The topological polar surface area (TPSA) is 85.0 Å². The Morgan fingerprint density at radius 2 is 1.72 bits per heavy atom. The van der Waals surface area contributed by atoms with Crippen LogP contribution in [0.2, 0.25) is 5.02 Å². The summed E-state index contributed by atoms with van der Waals surface area (Å²) in [7, 11) is 0. The van der Waals surface area contributed by atoms with Gasteiger partial charge in [-0.25, -0.2) is 5.84 Å². The Hall–Kier alpha value is -3.95. The van der Waals surface area contributed by atoms with E-state index >= 15 is 0 Å². The van der Waals surface area contributed by atoms with Gasteiger partial charge < -0.3 is 14.6 Å². The number of aromatic hydroxyl groups is 1. The maximum Gasteiger partial charge on any atom is 0.573 e. The van der Waals surface area contributed by atoms with Crippen molar-refractivity contribution in [2.24, 2.45) is 5.84 Å². The molecule has 0 bridgehead atoms.